The molecule has 2 unspecified atom stereocenters. The van der Waals surface area contributed by atoms with Gasteiger partial charge in [0.05, 0.1) is 0 Å². The summed E-state index contributed by atoms with van der Waals surface area (Å²) in [5, 5.41) is 9.62. The van der Waals surface area contributed by atoms with Crippen molar-refractivity contribution in [3.8, 4) is 0 Å². The van der Waals surface area contributed by atoms with E-state index in [1.54, 1.807) is 0 Å². The maximum Gasteiger partial charge on any atom is 0.320 e. The van der Waals surface area contributed by atoms with Gasteiger partial charge in [-0.1, -0.05) is 57.0 Å². The normalized spacial score (nSPS) is 22.0. The second-order valence-corrected chi connectivity index (χ2v) is 6.50. The molecule has 1 aromatic carbocycles. The van der Waals surface area contributed by atoms with Crippen LogP contribution in [0.3, 0.4) is 0 Å². The van der Waals surface area contributed by atoms with Gasteiger partial charge < -0.3 is 5.11 Å². The number of hydrogen-bond acceptors (Lipinski definition) is 2. The summed E-state index contributed by atoms with van der Waals surface area (Å²) < 4.78 is 0. The zero-order chi connectivity index (χ0) is 15.2. The Morgan fingerprint density at radius 2 is 1.95 bits per heavy atom. The third-order valence-electron chi connectivity index (χ3n) is 4.36. The third-order valence-corrected chi connectivity index (χ3v) is 4.36. The summed E-state index contributed by atoms with van der Waals surface area (Å²) in [6, 6.07) is 10.3. The molecule has 1 aliphatic heterocycles. The standard InChI is InChI=1S/C18H27NO2/c1-14(2)13-17(15-9-5-3-6-10-15)19-12-8-4-7-11-16(19)18(20)21/h3,5-6,9-10,14,16-17H,4,7-8,11-13H2,1-2H3,(H,20,21). The van der Waals surface area contributed by atoms with E-state index in [1.165, 1.54) is 5.56 Å². The highest BCUT2D eigenvalue weighted by molar-refractivity contribution is 5.73. The molecule has 3 nitrogen and oxygen atoms in total. The average molecular weight is 289 g/mol. The average Bonchev–Trinajstić information content (AvgIpc) is 2.71. The van der Waals surface area contributed by atoms with Gasteiger partial charge in [-0.2, -0.15) is 0 Å². The summed E-state index contributed by atoms with van der Waals surface area (Å²) >= 11 is 0. The van der Waals surface area contributed by atoms with Crippen molar-refractivity contribution in [1.29, 1.82) is 0 Å². The van der Waals surface area contributed by atoms with E-state index in [2.05, 4.69) is 43.0 Å². The largest absolute Gasteiger partial charge is 0.480 e. The Balaban J connectivity index is 2.30. The first-order valence-electron chi connectivity index (χ1n) is 8.13. The predicted octanol–water partition coefficient (Wildman–Crippen LogP) is 4.10. The zero-order valence-electron chi connectivity index (χ0n) is 13.2. The number of aliphatic carboxylic acids is 1. The van der Waals surface area contributed by atoms with E-state index in [0.29, 0.717) is 5.92 Å². The minimum Gasteiger partial charge on any atom is -0.480 e. The Kier molecular flexibility index (Phi) is 5.80. The fraction of sp³-hybridized carbons (Fsp3) is 0.611. The van der Waals surface area contributed by atoms with Gasteiger partial charge in [0.15, 0.2) is 0 Å². The number of likely N-dealkylation sites (tertiary alicyclic amines) is 1. The maximum atomic E-state index is 11.7. The number of benzene rings is 1. The van der Waals surface area contributed by atoms with Gasteiger partial charge in [-0.05, 0) is 37.3 Å². The summed E-state index contributed by atoms with van der Waals surface area (Å²) in [6.07, 6.45) is 5.05. The molecule has 0 saturated carbocycles. The molecule has 0 radical (unpaired) electrons. The lowest BCUT2D eigenvalue weighted by atomic mass is 9.94. The molecule has 1 N–H and O–H groups in total. The van der Waals surface area contributed by atoms with Gasteiger partial charge in [-0.25, -0.2) is 0 Å². The van der Waals surface area contributed by atoms with E-state index in [9.17, 15) is 9.90 Å². The van der Waals surface area contributed by atoms with E-state index < -0.39 is 5.97 Å². The fourth-order valence-electron chi connectivity index (χ4n) is 3.35. The van der Waals surface area contributed by atoms with Crippen LogP contribution in [0.15, 0.2) is 30.3 Å². The molecule has 2 rings (SSSR count). The minimum atomic E-state index is -0.665. The second-order valence-electron chi connectivity index (χ2n) is 6.50. The Morgan fingerprint density at radius 1 is 1.24 bits per heavy atom. The lowest BCUT2D eigenvalue weighted by Crippen LogP contribution is -2.43. The minimum absolute atomic E-state index is 0.213. The van der Waals surface area contributed by atoms with Crippen LogP contribution in [0.4, 0.5) is 0 Å². The Labute approximate surface area is 128 Å². The Morgan fingerprint density at radius 3 is 2.57 bits per heavy atom. The van der Waals surface area contributed by atoms with Gasteiger partial charge in [0.2, 0.25) is 0 Å². The highest BCUT2D eigenvalue weighted by Crippen LogP contribution is 2.32. The van der Waals surface area contributed by atoms with Crippen LogP contribution >= 0.6 is 0 Å². The Bertz CT molecular complexity index is 444. The van der Waals surface area contributed by atoms with E-state index >= 15 is 0 Å². The van der Waals surface area contributed by atoms with Crippen molar-refractivity contribution >= 4 is 5.97 Å². The molecule has 116 valence electrons. The van der Waals surface area contributed by atoms with Gasteiger partial charge in [0.25, 0.3) is 0 Å². The highest BCUT2D eigenvalue weighted by Gasteiger charge is 2.33. The first-order chi connectivity index (χ1) is 10.1. The van der Waals surface area contributed by atoms with Crippen LogP contribution in [-0.2, 0) is 4.79 Å². The van der Waals surface area contributed by atoms with Crippen LogP contribution < -0.4 is 0 Å². The molecule has 1 saturated heterocycles. The van der Waals surface area contributed by atoms with Crippen LogP contribution in [0.5, 0.6) is 0 Å². The monoisotopic (exact) mass is 289 g/mol. The van der Waals surface area contributed by atoms with E-state index in [-0.39, 0.29) is 12.1 Å². The summed E-state index contributed by atoms with van der Waals surface area (Å²) in [4.78, 5) is 13.9. The number of carboxylic acid groups (broad SMARTS) is 1. The maximum absolute atomic E-state index is 11.7. The highest BCUT2D eigenvalue weighted by atomic mass is 16.4. The number of carbonyl (C=O) groups is 1. The number of nitrogens with zero attached hydrogens (tertiary/aromatic N) is 1. The molecule has 0 aliphatic carbocycles. The molecule has 1 aromatic rings. The molecule has 3 heteroatoms. The molecule has 0 amide bonds. The molecule has 0 spiro atoms. The lowest BCUT2D eigenvalue weighted by molar-refractivity contribution is -0.144. The fourth-order valence-corrected chi connectivity index (χ4v) is 3.35. The SMILES string of the molecule is CC(C)CC(c1ccccc1)N1CCCCCC1C(=O)O. The first-order valence-corrected chi connectivity index (χ1v) is 8.13. The van der Waals surface area contributed by atoms with Crippen molar-refractivity contribution in [3.63, 3.8) is 0 Å². The van der Waals surface area contributed by atoms with Crippen molar-refractivity contribution in [2.75, 3.05) is 6.54 Å². The Hall–Kier alpha value is -1.35. The second kappa shape index (κ2) is 7.60. The molecule has 0 aromatic heterocycles. The predicted molar refractivity (Wildman–Crippen MR) is 85.2 cm³/mol. The van der Waals surface area contributed by atoms with Gasteiger partial charge in [0, 0.05) is 6.04 Å². The molecule has 0 bridgehead atoms. The number of rotatable bonds is 5. The molecule has 1 heterocycles. The molecule has 1 fully saturated rings. The zero-order valence-corrected chi connectivity index (χ0v) is 13.2. The van der Waals surface area contributed by atoms with Crippen molar-refractivity contribution in [3.05, 3.63) is 35.9 Å². The number of carboxylic acids is 1. The van der Waals surface area contributed by atoms with Crippen LogP contribution in [0.1, 0.15) is 57.6 Å². The quantitative estimate of drug-likeness (QED) is 0.887. The van der Waals surface area contributed by atoms with Gasteiger partial charge in [0.1, 0.15) is 6.04 Å². The summed E-state index contributed by atoms with van der Waals surface area (Å²) in [5.74, 6) is -0.116. The summed E-state index contributed by atoms with van der Waals surface area (Å²) in [7, 11) is 0. The van der Waals surface area contributed by atoms with E-state index in [0.717, 1.165) is 38.6 Å². The lowest BCUT2D eigenvalue weighted by Gasteiger charge is -2.36. The van der Waals surface area contributed by atoms with Crippen molar-refractivity contribution < 1.29 is 9.90 Å². The molecule has 2 atom stereocenters. The van der Waals surface area contributed by atoms with Crippen molar-refractivity contribution in [1.82, 2.24) is 4.90 Å². The van der Waals surface area contributed by atoms with Gasteiger partial charge in [-0.15, -0.1) is 0 Å². The van der Waals surface area contributed by atoms with Crippen LogP contribution in [-0.4, -0.2) is 28.6 Å². The van der Waals surface area contributed by atoms with E-state index in [1.807, 2.05) is 6.07 Å². The third kappa shape index (κ3) is 4.31. The summed E-state index contributed by atoms with van der Waals surface area (Å²) in [6.45, 7) is 5.32. The molecule has 1 aliphatic rings. The van der Waals surface area contributed by atoms with Crippen molar-refractivity contribution in [2.45, 2.75) is 58.0 Å². The van der Waals surface area contributed by atoms with Gasteiger partial charge in [-0.3, -0.25) is 9.69 Å². The first kappa shape index (κ1) is 16.0. The van der Waals surface area contributed by atoms with Crippen LogP contribution in [0.2, 0.25) is 0 Å². The molecule has 21 heavy (non-hydrogen) atoms. The van der Waals surface area contributed by atoms with Crippen LogP contribution in [0, 0.1) is 5.92 Å². The van der Waals surface area contributed by atoms with Crippen molar-refractivity contribution in [2.24, 2.45) is 5.92 Å². The molecular weight excluding hydrogens is 262 g/mol. The van der Waals surface area contributed by atoms with Crippen LogP contribution in [0.25, 0.3) is 0 Å². The van der Waals surface area contributed by atoms with Gasteiger partial charge >= 0.3 is 5.97 Å². The van der Waals surface area contributed by atoms with E-state index in [4.69, 9.17) is 0 Å². The topological polar surface area (TPSA) is 40.5 Å². The summed E-state index contributed by atoms with van der Waals surface area (Å²) in [5.41, 5.74) is 1.25. The number of hydrogen-bond donors (Lipinski definition) is 1. The molecular formula is C18H27NO2. The smallest absolute Gasteiger partial charge is 0.320 e.